The molecule has 27 heavy (non-hydrogen) atoms. The Balaban J connectivity index is 1.63. The zero-order valence-electron chi connectivity index (χ0n) is 14.6. The monoisotopic (exact) mass is 388 g/mol. The van der Waals surface area contributed by atoms with Gasteiger partial charge in [0.1, 0.15) is 11.8 Å². The number of nitrogens with one attached hydrogen (secondary N) is 1. The molecule has 0 aromatic heterocycles. The molecular formula is C20H21ClN2O4. The molecule has 2 unspecified atom stereocenters. The Morgan fingerprint density at radius 1 is 1.15 bits per heavy atom. The second-order valence-electron chi connectivity index (χ2n) is 6.64. The molecule has 7 heteroatoms. The SMILES string of the molecule is O=C(NCc1ccc(Cl)cc1)C1CC(O)CN1C(=O)Cc1cccc(O)c1. The van der Waals surface area contributed by atoms with Crippen molar-refractivity contribution in [1.82, 2.24) is 10.2 Å². The van der Waals surface area contributed by atoms with Crippen molar-refractivity contribution < 1.29 is 19.8 Å². The smallest absolute Gasteiger partial charge is 0.243 e. The molecular weight excluding hydrogens is 368 g/mol. The number of amides is 2. The lowest BCUT2D eigenvalue weighted by atomic mass is 10.1. The first-order valence-electron chi connectivity index (χ1n) is 8.70. The number of β-amino-alcohol motifs (C(OH)–C–C–N with tert-alkyl or cyclic N) is 1. The summed E-state index contributed by atoms with van der Waals surface area (Å²) in [5.41, 5.74) is 1.55. The Morgan fingerprint density at radius 3 is 2.59 bits per heavy atom. The summed E-state index contributed by atoms with van der Waals surface area (Å²) in [7, 11) is 0. The van der Waals surface area contributed by atoms with Gasteiger partial charge in [0, 0.05) is 24.5 Å². The molecule has 142 valence electrons. The van der Waals surface area contributed by atoms with Crippen LogP contribution < -0.4 is 5.32 Å². The molecule has 1 aliphatic heterocycles. The predicted molar refractivity (Wildman–Crippen MR) is 101 cm³/mol. The first-order valence-corrected chi connectivity index (χ1v) is 9.08. The maximum Gasteiger partial charge on any atom is 0.243 e. The summed E-state index contributed by atoms with van der Waals surface area (Å²) in [6, 6.07) is 12.8. The number of halogens is 1. The lowest BCUT2D eigenvalue weighted by Gasteiger charge is -2.24. The summed E-state index contributed by atoms with van der Waals surface area (Å²) in [5.74, 6) is -0.478. The van der Waals surface area contributed by atoms with E-state index in [-0.39, 0.29) is 37.0 Å². The van der Waals surface area contributed by atoms with Gasteiger partial charge < -0.3 is 20.4 Å². The zero-order chi connectivity index (χ0) is 19.4. The van der Waals surface area contributed by atoms with Gasteiger partial charge in [0.25, 0.3) is 0 Å². The third-order valence-electron chi connectivity index (χ3n) is 4.55. The molecule has 1 saturated heterocycles. The number of carbonyl (C=O) groups excluding carboxylic acids is 2. The number of aliphatic hydroxyl groups is 1. The Hall–Kier alpha value is -2.57. The van der Waals surface area contributed by atoms with Gasteiger partial charge in [-0.25, -0.2) is 0 Å². The van der Waals surface area contributed by atoms with Crippen molar-refractivity contribution in [2.45, 2.75) is 31.5 Å². The number of carbonyl (C=O) groups is 2. The highest BCUT2D eigenvalue weighted by molar-refractivity contribution is 6.30. The van der Waals surface area contributed by atoms with Crippen LogP contribution in [0.2, 0.25) is 5.02 Å². The van der Waals surface area contributed by atoms with Crippen molar-refractivity contribution in [2.75, 3.05) is 6.54 Å². The van der Waals surface area contributed by atoms with Gasteiger partial charge in [-0.1, -0.05) is 35.9 Å². The molecule has 3 rings (SSSR count). The number of aliphatic hydroxyl groups excluding tert-OH is 1. The van der Waals surface area contributed by atoms with Crippen molar-refractivity contribution >= 4 is 23.4 Å². The van der Waals surface area contributed by atoms with Crippen molar-refractivity contribution in [3.05, 3.63) is 64.7 Å². The maximum absolute atomic E-state index is 12.6. The number of nitrogens with zero attached hydrogens (tertiary/aromatic N) is 1. The maximum atomic E-state index is 12.6. The van der Waals surface area contributed by atoms with Gasteiger partial charge in [-0.3, -0.25) is 9.59 Å². The topological polar surface area (TPSA) is 89.9 Å². The number of benzene rings is 2. The number of phenolic OH excluding ortho intramolecular Hbond substituents is 1. The molecule has 1 aliphatic rings. The van der Waals surface area contributed by atoms with Gasteiger partial charge in [0.15, 0.2) is 0 Å². The van der Waals surface area contributed by atoms with Gasteiger partial charge in [0.2, 0.25) is 11.8 Å². The Morgan fingerprint density at radius 2 is 1.89 bits per heavy atom. The van der Waals surface area contributed by atoms with Crippen LogP contribution in [-0.2, 0) is 22.6 Å². The minimum atomic E-state index is -0.732. The molecule has 2 aromatic rings. The molecule has 1 fully saturated rings. The molecule has 3 N–H and O–H groups in total. The third-order valence-corrected chi connectivity index (χ3v) is 4.80. The van der Waals surface area contributed by atoms with Crippen LogP contribution >= 0.6 is 11.6 Å². The van der Waals surface area contributed by atoms with Gasteiger partial charge >= 0.3 is 0 Å². The van der Waals surface area contributed by atoms with Crippen LogP contribution in [0.1, 0.15) is 17.5 Å². The van der Waals surface area contributed by atoms with Crippen molar-refractivity contribution in [1.29, 1.82) is 0 Å². The lowest BCUT2D eigenvalue weighted by molar-refractivity contribution is -0.138. The molecule has 0 spiro atoms. The first kappa shape index (κ1) is 19.2. The number of likely N-dealkylation sites (tertiary alicyclic amines) is 1. The Bertz CT molecular complexity index is 825. The second-order valence-corrected chi connectivity index (χ2v) is 7.08. The van der Waals surface area contributed by atoms with Crippen LogP contribution in [0.15, 0.2) is 48.5 Å². The van der Waals surface area contributed by atoms with Gasteiger partial charge in [0.05, 0.1) is 12.5 Å². The summed E-state index contributed by atoms with van der Waals surface area (Å²) in [6.07, 6.45) is -0.468. The standard InChI is InChI=1S/C20H21ClN2O4/c21-15-6-4-13(5-7-15)11-22-20(27)18-10-17(25)12-23(18)19(26)9-14-2-1-3-16(24)8-14/h1-8,17-18,24-25H,9-12H2,(H,22,27). The van der Waals surface area contributed by atoms with E-state index in [1.165, 1.54) is 17.0 Å². The Labute approximate surface area is 162 Å². The van der Waals surface area contributed by atoms with Gasteiger partial charge in [-0.05, 0) is 35.4 Å². The molecule has 6 nitrogen and oxygen atoms in total. The lowest BCUT2D eigenvalue weighted by Crippen LogP contribution is -2.46. The number of aromatic hydroxyl groups is 1. The average molecular weight is 389 g/mol. The molecule has 0 bridgehead atoms. The Kier molecular flexibility index (Phi) is 5.98. The van der Waals surface area contributed by atoms with E-state index in [9.17, 15) is 19.8 Å². The number of phenols is 1. The first-order chi connectivity index (χ1) is 12.9. The molecule has 0 aliphatic carbocycles. The number of rotatable bonds is 5. The summed E-state index contributed by atoms with van der Waals surface area (Å²) >= 11 is 5.85. The van der Waals surface area contributed by atoms with E-state index in [4.69, 9.17) is 11.6 Å². The van der Waals surface area contributed by atoms with E-state index in [0.717, 1.165) is 5.56 Å². The van der Waals surface area contributed by atoms with Gasteiger partial charge in [-0.15, -0.1) is 0 Å². The zero-order valence-corrected chi connectivity index (χ0v) is 15.4. The highest BCUT2D eigenvalue weighted by Crippen LogP contribution is 2.21. The third kappa shape index (κ3) is 4.99. The average Bonchev–Trinajstić information content (AvgIpc) is 3.03. The molecule has 2 aromatic carbocycles. The van der Waals surface area contributed by atoms with Crippen molar-refractivity contribution in [3.63, 3.8) is 0 Å². The summed E-state index contributed by atoms with van der Waals surface area (Å²) in [6.45, 7) is 0.438. The molecule has 1 heterocycles. The second kappa shape index (κ2) is 8.41. The van der Waals surface area contributed by atoms with E-state index in [1.54, 1.807) is 24.3 Å². The fourth-order valence-corrected chi connectivity index (χ4v) is 3.32. The van der Waals surface area contributed by atoms with Crippen LogP contribution in [0.3, 0.4) is 0 Å². The molecule has 0 radical (unpaired) electrons. The fraction of sp³-hybridized carbons (Fsp3) is 0.300. The van der Waals surface area contributed by atoms with Crippen LogP contribution in [0.25, 0.3) is 0 Å². The van der Waals surface area contributed by atoms with Crippen LogP contribution in [-0.4, -0.2) is 45.6 Å². The van der Waals surface area contributed by atoms with Crippen LogP contribution in [0.4, 0.5) is 0 Å². The molecule has 2 atom stereocenters. The number of hydrogen-bond donors (Lipinski definition) is 3. The largest absolute Gasteiger partial charge is 0.508 e. The van der Waals surface area contributed by atoms with E-state index in [0.29, 0.717) is 17.1 Å². The summed E-state index contributed by atoms with van der Waals surface area (Å²) < 4.78 is 0. The summed E-state index contributed by atoms with van der Waals surface area (Å²) in [5, 5.41) is 22.9. The van der Waals surface area contributed by atoms with E-state index in [1.807, 2.05) is 12.1 Å². The van der Waals surface area contributed by atoms with E-state index < -0.39 is 12.1 Å². The van der Waals surface area contributed by atoms with Crippen LogP contribution in [0.5, 0.6) is 5.75 Å². The van der Waals surface area contributed by atoms with E-state index >= 15 is 0 Å². The van der Waals surface area contributed by atoms with Crippen LogP contribution in [0, 0.1) is 0 Å². The highest BCUT2D eigenvalue weighted by Gasteiger charge is 2.38. The molecule has 2 amide bonds. The number of hydrogen-bond acceptors (Lipinski definition) is 4. The fourth-order valence-electron chi connectivity index (χ4n) is 3.19. The normalized spacial score (nSPS) is 19.1. The quantitative estimate of drug-likeness (QED) is 0.729. The predicted octanol–water partition coefficient (Wildman–Crippen LogP) is 1.87. The highest BCUT2D eigenvalue weighted by atomic mass is 35.5. The minimum absolute atomic E-state index is 0.0576. The van der Waals surface area contributed by atoms with Crippen molar-refractivity contribution in [2.24, 2.45) is 0 Å². The van der Waals surface area contributed by atoms with Crippen molar-refractivity contribution in [3.8, 4) is 5.75 Å². The molecule has 0 saturated carbocycles. The minimum Gasteiger partial charge on any atom is -0.508 e. The van der Waals surface area contributed by atoms with E-state index in [2.05, 4.69) is 5.32 Å². The van der Waals surface area contributed by atoms with Gasteiger partial charge in [-0.2, -0.15) is 0 Å². The summed E-state index contributed by atoms with van der Waals surface area (Å²) in [4.78, 5) is 26.6.